The summed E-state index contributed by atoms with van der Waals surface area (Å²) in [7, 11) is 0. The third-order valence-corrected chi connectivity index (χ3v) is 4.70. The molecule has 0 atom stereocenters. The van der Waals surface area contributed by atoms with Gasteiger partial charge in [-0.15, -0.1) is 0 Å². The van der Waals surface area contributed by atoms with E-state index < -0.39 is 5.82 Å². The second kappa shape index (κ2) is 8.75. The Morgan fingerprint density at radius 1 is 1.18 bits per heavy atom. The molecule has 5 nitrogen and oxygen atoms in total. The zero-order chi connectivity index (χ0) is 20.1. The minimum absolute atomic E-state index is 0.0566. The van der Waals surface area contributed by atoms with Crippen LogP contribution < -0.4 is 9.64 Å². The van der Waals surface area contributed by atoms with E-state index in [0.717, 1.165) is 11.3 Å². The fraction of sp³-hybridized carbons (Fsp3) is 0.364. The number of ether oxygens (including phenoxy) is 1. The number of nitrogens with zero attached hydrogens (tertiary/aromatic N) is 3. The van der Waals surface area contributed by atoms with Gasteiger partial charge in [0.25, 0.3) is 0 Å². The first-order valence-electron chi connectivity index (χ1n) is 9.45. The smallest absolute Gasteiger partial charge is 0.227 e. The number of amides is 1. The van der Waals surface area contributed by atoms with Crippen LogP contribution in [0.3, 0.4) is 0 Å². The van der Waals surface area contributed by atoms with E-state index in [1.807, 2.05) is 54.0 Å². The normalized spacial score (nSPS) is 14.1. The van der Waals surface area contributed by atoms with Crippen molar-refractivity contribution in [1.29, 1.82) is 5.26 Å². The zero-order valence-electron chi connectivity index (χ0n) is 16.2. The lowest BCUT2D eigenvalue weighted by Crippen LogP contribution is -2.49. The van der Waals surface area contributed by atoms with Gasteiger partial charge in [0.15, 0.2) is 0 Å². The van der Waals surface area contributed by atoms with Gasteiger partial charge in [-0.1, -0.05) is 18.2 Å². The van der Waals surface area contributed by atoms with E-state index in [1.54, 1.807) is 12.1 Å². The molecule has 2 aromatic carbocycles. The molecule has 0 radical (unpaired) electrons. The number of halogens is 1. The van der Waals surface area contributed by atoms with E-state index in [4.69, 9.17) is 4.74 Å². The standard InChI is InChI=1S/C22H24FN3O2/c1-16(2)28-18-6-3-5-17(13-18)14-22(27)26-11-9-25(10-12-26)21-8-4-7-20(23)19(21)15-24/h3-8,13,16H,9-12,14H2,1-2H3. The molecule has 0 N–H and O–H groups in total. The van der Waals surface area contributed by atoms with Gasteiger partial charge in [-0.2, -0.15) is 5.26 Å². The first-order chi connectivity index (χ1) is 13.5. The number of carbonyl (C=O) groups excluding carboxylic acids is 1. The van der Waals surface area contributed by atoms with Crippen molar-refractivity contribution in [3.63, 3.8) is 0 Å². The van der Waals surface area contributed by atoms with Gasteiger partial charge in [0, 0.05) is 26.2 Å². The van der Waals surface area contributed by atoms with Crippen LogP contribution in [0.2, 0.25) is 0 Å². The van der Waals surface area contributed by atoms with Crippen LogP contribution in [0.4, 0.5) is 10.1 Å². The van der Waals surface area contributed by atoms with E-state index in [2.05, 4.69) is 0 Å². The van der Waals surface area contributed by atoms with Crippen LogP contribution in [-0.4, -0.2) is 43.1 Å². The third kappa shape index (κ3) is 4.61. The molecule has 1 aliphatic heterocycles. The summed E-state index contributed by atoms with van der Waals surface area (Å²) in [4.78, 5) is 16.5. The predicted octanol–water partition coefficient (Wildman–Crippen LogP) is 3.38. The summed E-state index contributed by atoms with van der Waals surface area (Å²) in [5.74, 6) is 0.309. The molecular weight excluding hydrogens is 357 g/mol. The van der Waals surface area contributed by atoms with E-state index >= 15 is 0 Å². The topological polar surface area (TPSA) is 56.6 Å². The van der Waals surface area contributed by atoms with Gasteiger partial charge in [0.2, 0.25) is 5.91 Å². The van der Waals surface area contributed by atoms with Crippen molar-refractivity contribution in [2.75, 3.05) is 31.1 Å². The molecular formula is C22H24FN3O2. The largest absolute Gasteiger partial charge is 0.491 e. The minimum Gasteiger partial charge on any atom is -0.491 e. The van der Waals surface area contributed by atoms with Gasteiger partial charge in [0.1, 0.15) is 23.2 Å². The average molecular weight is 381 g/mol. The fourth-order valence-electron chi connectivity index (χ4n) is 3.37. The van der Waals surface area contributed by atoms with E-state index in [-0.39, 0.29) is 17.6 Å². The molecule has 6 heteroatoms. The summed E-state index contributed by atoms with van der Waals surface area (Å²) in [6, 6.07) is 14.2. The van der Waals surface area contributed by atoms with E-state index in [0.29, 0.717) is 38.3 Å². The van der Waals surface area contributed by atoms with Crippen molar-refractivity contribution in [3.8, 4) is 11.8 Å². The summed E-state index contributed by atoms with van der Waals surface area (Å²) in [6.07, 6.45) is 0.402. The van der Waals surface area contributed by atoms with Crippen molar-refractivity contribution >= 4 is 11.6 Å². The Hall–Kier alpha value is -3.07. The molecule has 0 unspecified atom stereocenters. The van der Waals surface area contributed by atoms with Crippen LogP contribution in [-0.2, 0) is 11.2 Å². The molecule has 146 valence electrons. The maximum Gasteiger partial charge on any atom is 0.227 e. The van der Waals surface area contributed by atoms with Gasteiger partial charge in [0.05, 0.1) is 18.2 Å². The lowest BCUT2D eigenvalue weighted by molar-refractivity contribution is -0.130. The quantitative estimate of drug-likeness (QED) is 0.797. The molecule has 1 heterocycles. The van der Waals surface area contributed by atoms with Crippen molar-refractivity contribution in [1.82, 2.24) is 4.90 Å². The van der Waals surface area contributed by atoms with Crippen LogP contribution in [0.25, 0.3) is 0 Å². The first kappa shape index (κ1) is 19.7. The Balaban J connectivity index is 1.60. The predicted molar refractivity (Wildman–Crippen MR) is 106 cm³/mol. The van der Waals surface area contributed by atoms with Crippen LogP contribution in [0.15, 0.2) is 42.5 Å². The van der Waals surface area contributed by atoms with Crippen LogP contribution >= 0.6 is 0 Å². The Labute approximate surface area is 164 Å². The summed E-state index contributed by atoms with van der Waals surface area (Å²) in [5.41, 5.74) is 1.57. The molecule has 0 spiro atoms. The average Bonchev–Trinajstić information content (AvgIpc) is 2.67. The summed E-state index contributed by atoms with van der Waals surface area (Å²) in [6.45, 7) is 6.16. The molecule has 1 aliphatic rings. The Kier molecular flexibility index (Phi) is 6.15. The van der Waals surface area contributed by atoms with Crippen LogP contribution in [0, 0.1) is 17.1 Å². The fourth-order valence-corrected chi connectivity index (χ4v) is 3.37. The second-order valence-electron chi connectivity index (χ2n) is 7.10. The summed E-state index contributed by atoms with van der Waals surface area (Å²) < 4.78 is 19.5. The highest BCUT2D eigenvalue weighted by molar-refractivity contribution is 5.79. The van der Waals surface area contributed by atoms with E-state index in [1.165, 1.54) is 6.07 Å². The number of carbonyl (C=O) groups is 1. The molecule has 1 saturated heterocycles. The van der Waals surface area contributed by atoms with Crippen molar-refractivity contribution in [3.05, 3.63) is 59.4 Å². The summed E-state index contributed by atoms with van der Waals surface area (Å²) in [5, 5.41) is 9.22. The minimum atomic E-state index is -0.512. The molecule has 28 heavy (non-hydrogen) atoms. The molecule has 0 aromatic heterocycles. The molecule has 1 fully saturated rings. The SMILES string of the molecule is CC(C)Oc1cccc(CC(=O)N2CCN(c3cccc(F)c3C#N)CC2)c1. The van der Waals surface area contributed by atoms with Crippen molar-refractivity contribution in [2.45, 2.75) is 26.4 Å². The molecule has 2 aromatic rings. The second-order valence-corrected chi connectivity index (χ2v) is 7.10. The third-order valence-electron chi connectivity index (χ3n) is 4.70. The monoisotopic (exact) mass is 381 g/mol. The summed E-state index contributed by atoms with van der Waals surface area (Å²) >= 11 is 0. The maximum absolute atomic E-state index is 13.8. The highest BCUT2D eigenvalue weighted by Crippen LogP contribution is 2.24. The van der Waals surface area contributed by atoms with Gasteiger partial charge in [-0.05, 0) is 43.7 Å². The van der Waals surface area contributed by atoms with Gasteiger partial charge >= 0.3 is 0 Å². The lowest BCUT2D eigenvalue weighted by Gasteiger charge is -2.36. The van der Waals surface area contributed by atoms with E-state index in [9.17, 15) is 14.4 Å². The number of benzene rings is 2. The highest BCUT2D eigenvalue weighted by Gasteiger charge is 2.23. The molecule has 3 rings (SSSR count). The molecule has 0 aliphatic carbocycles. The van der Waals surface area contributed by atoms with Crippen molar-refractivity contribution in [2.24, 2.45) is 0 Å². The highest BCUT2D eigenvalue weighted by atomic mass is 19.1. The maximum atomic E-state index is 13.8. The number of nitriles is 1. The molecule has 0 bridgehead atoms. The Bertz CT molecular complexity index is 884. The number of rotatable bonds is 5. The number of anilines is 1. The lowest BCUT2D eigenvalue weighted by atomic mass is 10.1. The van der Waals surface area contributed by atoms with Crippen LogP contribution in [0.1, 0.15) is 25.0 Å². The first-order valence-corrected chi connectivity index (χ1v) is 9.45. The Morgan fingerprint density at radius 3 is 2.57 bits per heavy atom. The van der Waals surface area contributed by atoms with Gasteiger partial charge < -0.3 is 14.5 Å². The number of hydrogen-bond acceptors (Lipinski definition) is 4. The molecule has 1 amide bonds. The molecule has 0 saturated carbocycles. The Morgan fingerprint density at radius 2 is 1.89 bits per heavy atom. The van der Waals surface area contributed by atoms with Gasteiger partial charge in [-0.25, -0.2) is 4.39 Å². The van der Waals surface area contributed by atoms with Crippen LogP contribution in [0.5, 0.6) is 5.75 Å². The number of hydrogen-bond donors (Lipinski definition) is 0. The van der Waals surface area contributed by atoms with Crippen molar-refractivity contribution < 1.29 is 13.9 Å². The van der Waals surface area contributed by atoms with Gasteiger partial charge in [-0.3, -0.25) is 4.79 Å². The number of piperazine rings is 1. The zero-order valence-corrected chi connectivity index (χ0v) is 16.2.